The number of rotatable bonds is 7. The van der Waals surface area contributed by atoms with Gasteiger partial charge in [-0.3, -0.25) is 4.98 Å². The van der Waals surface area contributed by atoms with E-state index in [-0.39, 0.29) is 0 Å². The lowest BCUT2D eigenvalue weighted by atomic mass is 9.77. The lowest BCUT2D eigenvalue weighted by Gasteiger charge is -2.32. The third kappa shape index (κ3) is 6.86. The zero-order valence-corrected chi connectivity index (χ0v) is 33.3. The van der Waals surface area contributed by atoms with Crippen LogP contribution in [0.3, 0.4) is 0 Å². The van der Waals surface area contributed by atoms with Gasteiger partial charge in [-0.15, -0.1) is 0 Å². The molecule has 7 nitrogen and oxygen atoms in total. The van der Waals surface area contributed by atoms with E-state index in [1.807, 2.05) is 54.7 Å². The summed E-state index contributed by atoms with van der Waals surface area (Å²) in [5, 5.41) is 2.06. The van der Waals surface area contributed by atoms with Gasteiger partial charge in [-0.05, 0) is 73.6 Å². The highest BCUT2D eigenvalue weighted by atomic mass is 16.7. The van der Waals surface area contributed by atoms with E-state index in [1.54, 1.807) is 0 Å². The third-order valence-corrected chi connectivity index (χ3v) is 11.6. The van der Waals surface area contributed by atoms with Crippen LogP contribution in [0.15, 0.2) is 170 Å². The Balaban J connectivity index is 1.19. The number of aromatic nitrogens is 5. The van der Waals surface area contributed by atoms with Crippen molar-refractivity contribution < 1.29 is 9.31 Å². The first kappa shape index (κ1) is 36.5. The summed E-state index contributed by atoms with van der Waals surface area (Å²) in [6.07, 6.45) is 1.83. The Hall–Kier alpha value is -6.87. The normalized spacial score (nSPS) is 14.5. The highest BCUT2D eigenvalue weighted by Crippen LogP contribution is 2.39. The predicted molar refractivity (Wildman–Crippen MR) is 239 cm³/mol. The van der Waals surface area contributed by atoms with E-state index in [0.717, 1.165) is 77.5 Å². The van der Waals surface area contributed by atoms with Crippen LogP contribution < -0.4 is 5.46 Å². The molecule has 9 aromatic rings. The standard InChI is InChI=1S/C51H40BN5O2/c1-50(2)51(3,4)59-52(58-50)41-30-39(44-32-43(35-17-10-6-11-18-35)42-27-26-36-21-14-28-53-45(36)46(42)54-44)29-40(31-41)49-56-47(37-19-12-7-13-20-37)55-48(57-49)38-24-22-34(23-25-38)33-15-8-5-9-16-33/h5-32H,1-4H3. The maximum atomic E-state index is 6.68. The van der Waals surface area contributed by atoms with Crippen molar-refractivity contribution in [2.75, 3.05) is 0 Å². The van der Waals surface area contributed by atoms with E-state index in [2.05, 4.69) is 143 Å². The molecular formula is C51H40BN5O2. The molecule has 0 unspecified atom stereocenters. The van der Waals surface area contributed by atoms with Gasteiger partial charge < -0.3 is 9.31 Å². The lowest BCUT2D eigenvalue weighted by molar-refractivity contribution is 0.00578. The van der Waals surface area contributed by atoms with E-state index in [0.29, 0.717) is 17.5 Å². The van der Waals surface area contributed by atoms with Gasteiger partial charge in [0.1, 0.15) is 0 Å². The minimum atomic E-state index is -0.643. The van der Waals surface area contributed by atoms with Crippen LogP contribution in [-0.4, -0.2) is 43.2 Å². The second-order valence-electron chi connectivity index (χ2n) is 16.0. The molecule has 1 aliphatic heterocycles. The molecule has 0 saturated carbocycles. The van der Waals surface area contributed by atoms with Gasteiger partial charge in [0.15, 0.2) is 17.5 Å². The fourth-order valence-corrected chi connectivity index (χ4v) is 7.67. The minimum absolute atomic E-state index is 0.525. The Kier molecular flexibility index (Phi) is 8.97. The molecule has 0 radical (unpaired) electrons. The smallest absolute Gasteiger partial charge is 0.399 e. The largest absolute Gasteiger partial charge is 0.494 e. The fourth-order valence-electron chi connectivity index (χ4n) is 7.67. The summed E-state index contributed by atoms with van der Waals surface area (Å²) in [4.78, 5) is 25.6. The first-order valence-corrected chi connectivity index (χ1v) is 19.9. The van der Waals surface area contributed by atoms with Crippen molar-refractivity contribution >= 4 is 34.4 Å². The van der Waals surface area contributed by atoms with Crippen molar-refractivity contribution in [3.63, 3.8) is 0 Å². The molecule has 284 valence electrons. The van der Waals surface area contributed by atoms with Crippen LogP contribution in [0.4, 0.5) is 0 Å². The van der Waals surface area contributed by atoms with E-state index in [4.69, 9.17) is 34.2 Å². The van der Waals surface area contributed by atoms with Crippen molar-refractivity contribution in [3.8, 4) is 67.7 Å². The van der Waals surface area contributed by atoms with Crippen LogP contribution in [0.25, 0.3) is 89.5 Å². The van der Waals surface area contributed by atoms with Gasteiger partial charge in [0, 0.05) is 39.2 Å². The molecule has 10 rings (SSSR count). The first-order valence-electron chi connectivity index (χ1n) is 19.9. The molecule has 3 aromatic heterocycles. The van der Waals surface area contributed by atoms with Crippen molar-refractivity contribution in [2.45, 2.75) is 38.9 Å². The number of hydrogen-bond acceptors (Lipinski definition) is 7. The Morgan fingerprint density at radius 1 is 0.424 bits per heavy atom. The van der Waals surface area contributed by atoms with Crippen LogP contribution in [0.1, 0.15) is 27.7 Å². The van der Waals surface area contributed by atoms with Gasteiger partial charge in [-0.2, -0.15) is 0 Å². The van der Waals surface area contributed by atoms with Gasteiger partial charge in [0.25, 0.3) is 0 Å². The number of pyridine rings is 2. The summed E-state index contributed by atoms with van der Waals surface area (Å²) >= 11 is 0. The molecule has 0 atom stereocenters. The summed E-state index contributed by atoms with van der Waals surface area (Å²) < 4.78 is 13.4. The van der Waals surface area contributed by atoms with Crippen LogP contribution in [-0.2, 0) is 9.31 Å². The van der Waals surface area contributed by atoms with Crippen molar-refractivity contribution in [3.05, 3.63) is 170 Å². The van der Waals surface area contributed by atoms with E-state index in [9.17, 15) is 0 Å². The molecule has 0 aliphatic carbocycles. The lowest BCUT2D eigenvalue weighted by Crippen LogP contribution is -2.41. The molecule has 1 saturated heterocycles. The molecule has 0 amide bonds. The molecule has 4 heterocycles. The number of benzene rings is 6. The minimum Gasteiger partial charge on any atom is -0.399 e. The zero-order valence-electron chi connectivity index (χ0n) is 33.3. The summed E-state index contributed by atoms with van der Waals surface area (Å²) in [6.45, 7) is 8.28. The molecule has 1 fully saturated rings. The zero-order chi connectivity index (χ0) is 40.1. The summed E-state index contributed by atoms with van der Waals surface area (Å²) in [6, 6.07) is 56.0. The first-order chi connectivity index (χ1) is 28.7. The van der Waals surface area contributed by atoms with Crippen LogP contribution >= 0.6 is 0 Å². The summed E-state index contributed by atoms with van der Waals surface area (Å²) in [5.74, 6) is 1.67. The quantitative estimate of drug-likeness (QED) is 0.118. The van der Waals surface area contributed by atoms with Gasteiger partial charge in [-0.25, -0.2) is 19.9 Å². The average Bonchev–Trinajstić information content (AvgIpc) is 3.52. The molecule has 0 spiro atoms. The van der Waals surface area contributed by atoms with E-state index in [1.165, 1.54) is 0 Å². The second kappa shape index (κ2) is 14.5. The van der Waals surface area contributed by atoms with Gasteiger partial charge >= 0.3 is 7.12 Å². The number of fused-ring (bicyclic) bond motifs is 3. The molecule has 0 N–H and O–H groups in total. The van der Waals surface area contributed by atoms with Gasteiger partial charge in [0.2, 0.25) is 0 Å². The maximum absolute atomic E-state index is 6.68. The Labute approximate surface area is 344 Å². The molecule has 0 bridgehead atoms. The third-order valence-electron chi connectivity index (χ3n) is 11.6. The van der Waals surface area contributed by atoms with Crippen molar-refractivity contribution in [1.29, 1.82) is 0 Å². The topological polar surface area (TPSA) is 82.9 Å². The monoisotopic (exact) mass is 765 g/mol. The number of hydrogen-bond donors (Lipinski definition) is 0. The summed E-state index contributed by atoms with van der Waals surface area (Å²) in [7, 11) is -0.643. The Morgan fingerprint density at radius 2 is 0.949 bits per heavy atom. The summed E-state index contributed by atoms with van der Waals surface area (Å²) in [5.41, 5.74) is 10.0. The molecule has 1 aliphatic rings. The second-order valence-corrected chi connectivity index (χ2v) is 16.0. The number of nitrogens with zero attached hydrogens (tertiary/aromatic N) is 5. The highest BCUT2D eigenvalue weighted by Gasteiger charge is 2.52. The van der Waals surface area contributed by atoms with Crippen molar-refractivity contribution in [2.24, 2.45) is 0 Å². The van der Waals surface area contributed by atoms with Crippen molar-refractivity contribution in [1.82, 2.24) is 24.9 Å². The highest BCUT2D eigenvalue weighted by molar-refractivity contribution is 6.62. The Bertz CT molecular complexity index is 2980. The molecule has 8 heteroatoms. The van der Waals surface area contributed by atoms with Gasteiger partial charge in [-0.1, -0.05) is 146 Å². The molecular weight excluding hydrogens is 725 g/mol. The van der Waals surface area contributed by atoms with E-state index >= 15 is 0 Å². The Morgan fingerprint density at radius 3 is 1.59 bits per heavy atom. The van der Waals surface area contributed by atoms with E-state index < -0.39 is 18.3 Å². The maximum Gasteiger partial charge on any atom is 0.494 e. The average molecular weight is 766 g/mol. The van der Waals surface area contributed by atoms with Gasteiger partial charge in [0.05, 0.1) is 27.9 Å². The fraction of sp³-hybridized carbons (Fsp3) is 0.118. The van der Waals surface area contributed by atoms with Crippen LogP contribution in [0.5, 0.6) is 0 Å². The molecule has 6 aromatic carbocycles. The predicted octanol–water partition coefficient (Wildman–Crippen LogP) is 11.3. The SMILES string of the molecule is CC1(C)OB(c2cc(-c3cc(-c4ccccc4)c4ccc5cccnc5c4n3)cc(-c3nc(-c4ccccc4)nc(-c4ccc(-c5ccccc5)cc4)n3)c2)OC1(C)C. The van der Waals surface area contributed by atoms with Crippen LogP contribution in [0.2, 0.25) is 0 Å². The van der Waals surface area contributed by atoms with Crippen LogP contribution in [0, 0.1) is 0 Å². The molecule has 59 heavy (non-hydrogen) atoms.